The lowest BCUT2D eigenvalue weighted by Crippen LogP contribution is -2.55. The van der Waals surface area contributed by atoms with Crippen molar-refractivity contribution < 1.29 is 38.1 Å². The lowest BCUT2D eigenvalue weighted by molar-refractivity contribution is -0.166. The predicted molar refractivity (Wildman–Crippen MR) is 162 cm³/mol. The Hall–Kier alpha value is -3.18. The molecule has 1 saturated heterocycles. The first kappa shape index (κ1) is 36.0. The highest BCUT2D eigenvalue weighted by Gasteiger charge is 2.38. The standard InChI is InChI=1S/C32H51N3O8/c1-30(2,3)41-26(36)23(16-19-35-20-17-25(35)28(38)43-32(7,8)9)33-18-15-24(27(37)42-31(4,5)6)34-29(39)40-21-22-13-11-10-12-14-22/h10-14,23-25,33H,15-21H2,1-9H3,(H,34,39)/t23-,24-,25-/m0/s1. The molecule has 1 fully saturated rings. The number of rotatable bonds is 13. The number of amides is 1. The van der Waals surface area contributed by atoms with Gasteiger partial charge in [-0.25, -0.2) is 9.59 Å². The van der Waals surface area contributed by atoms with E-state index in [2.05, 4.69) is 10.6 Å². The van der Waals surface area contributed by atoms with Crippen molar-refractivity contribution in [3.05, 3.63) is 35.9 Å². The first-order valence-corrected chi connectivity index (χ1v) is 15.0. The van der Waals surface area contributed by atoms with Gasteiger partial charge in [-0.3, -0.25) is 14.5 Å². The Labute approximate surface area is 256 Å². The molecule has 11 nitrogen and oxygen atoms in total. The molecule has 43 heavy (non-hydrogen) atoms. The molecule has 242 valence electrons. The van der Waals surface area contributed by atoms with Gasteiger partial charge in [0.25, 0.3) is 0 Å². The topological polar surface area (TPSA) is 132 Å². The minimum absolute atomic E-state index is 0.0491. The van der Waals surface area contributed by atoms with Gasteiger partial charge in [0.2, 0.25) is 0 Å². The summed E-state index contributed by atoms with van der Waals surface area (Å²) in [5, 5.41) is 5.79. The number of ether oxygens (including phenoxy) is 4. The zero-order valence-corrected chi connectivity index (χ0v) is 27.3. The van der Waals surface area contributed by atoms with Crippen molar-refractivity contribution in [2.45, 2.75) is 123 Å². The van der Waals surface area contributed by atoms with Crippen molar-refractivity contribution in [3.8, 4) is 0 Å². The molecule has 1 aromatic carbocycles. The predicted octanol–water partition coefficient (Wildman–Crippen LogP) is 4.12. The molecule has 0 aromatic heterocycles. The van der Waals surface area contributed by atoms with Gasteiger partial charge in [0.05, 0.1) is 0 Å². The summed E-state index contributed by atoms with van der Waals surface area (Å²) in [7, 11) is 0. The van der Waals surface area contributed by atoms with Gasteiger partial charge < -0.3 is 29.6 Å². The van der Waals surface area contributed by atoms with Gasteiger partial charge in [-0.1, -0.05) is 30.3 Å². The Balaban J connectivity index is 2.03. The van der Waals surface area contributed by atoms with Crippen molar-refractivity contribution in [2.75, 3.05) is 19.6 Å². The van der Waals surface area contributed by atoms with Crippen molar-refractivity contribution >= 4 is 24.0 Å². The molecule has 1 aliphatic rings. The molecule has 1 aliphatic heterocycles. The second-order valence-electron chi connectivity index (χ2n) is 13.8. The van der Waals surface area contributed by atoms with Crippen LogP contribution in [0.2, 0.25) is 0 Å². The zero-order chi connectivity index (χ0) is 32.4. The number of carbonyl (C=O) groups excluding carboxylic acids is 4. The van der Waals surface area contributed by atoms with E-state index in [1.54, 1.807) is 41.5 Å². The van der Waals surface area contributed by atoms with E-state index >= 15 is 0 Å². The van der Waals surface area contributed by atoms with Crippen molar-refractivity contribution in [2.24, 2.45) is 0 Å². The third kappa shape index (κ3) is 14.2. The van der Waals surface area contributed by atoms with Crippen LogP contribution >= 0.6 is 0 Å². The Kier molecular flexibility index (Phi) is 13.0. The molecule has 0 saturated carbocycles. The van der Waals surface area contributed by atoms with Gasteiger partial charge in [-0.05, 0) is 93.7 Å². The summed E-state index contributed by atoms with van der Waals surface area (Å²) in [5.41, 5.74) is -1.23. The van der Waals surface area contributed by atoms with Crippen LogP contribution in [0.25, 0.3) is 0 Å². The molecule has 11 heteroatoms. The van der Waals surface area contributed by atoms with E-state index in [4.69, 9.17) is 18.9 Å². The molecule has 2 rings (SSSR count). The first-order valence-electron chi connectivity index (χ1n) is 15.0. The van der Waals surface area contributed by atoms with Crippen LogP contribution in [0.1, 0.15) is 87.1 Å². The van der Waals surface area contributed by atoms with Gasteiger partial charge in [-0.15, -0.1) is 0 Å². The number of carbonyl (C=O) groups is 4. The number of esters is 3. The van der Waals surface area contributed by atoms with E-state index < -0.39 is 46.9 Å². The smallest absolute Gasteiger partial charge is 0.408 e. The number of nitrogens with zero attached hydrogens (tertiary/aromatic N) is 1. The maximum Gasteiger partial charge on any atom is 0.408 e. The van der Waals surface area contributed by atoms with E-state index in [1.807, 2.05) is 56.0 Å². The van der Waals surface area contributed by atoms with E-state index in [-0.39, 0.29) is 31.6 Å². The summed E-state index contributed by atoms with van der Waals surface area (Å²) in [6, 6.07) is 7.14. The Morgan fingerprint density at radius 2 is 1.37 bits per heavy atom. The molecule has 0 aliphatic carbocycles. The molecule has 1 amide bonds. The lowest BCUT2D eigenvalue weighted by atomic mass is 10.0. The SMILES string of the molecule is CC(C)(C)OC(=O)[C@H](CCN1CC[C@H]1C(=O)OC(C)(C)C)NCC[C@H](NC(=O)OCc1ccccc1)C(=O)OC(C)(C)C. The normalized spacial score (nSPS) is 17.2. The molecule has 1 aromatic rings. The summed E-state index contributed by atoms with van der Waals surface area (Å²) in [5.74, 6) is -1.32. The summed E-state index contributed by atoms with van der Waals surface area (Å²) in [6.07, 6.45) is 0.453. The number of likely N-dealkylation sites (tertiary alicyclic amines) is 1. The fraction of sp³-hybridized carbons (Fsp3) is 0.688. The average Bonchev–Trinajstić information content (AvgIpc) is 2.82. The minimum atomic E-state index is -1.01. The molecule has 0 spiro atoms. The summed E-state index contributed by atoms with van der Waals surface area (Å²) in [4.78, 5) is 53.2. The quantitative estimate of drug-likeness (QED) is 0.250. The molecular formula is C32H51N3O8. The average molecular weight is 606 g/mol. The second-order valence-corrected chi connectivity index (χ2v) is 13.8. The van der Waals surface area contributed by atoms with E-state index in [0.29, 0.717) is 19.4 Å². The first-order chi connectivity index (χ1) is 19.8. The second kappa shape index (κ2) is 15.5. The van der Waals surface area contributed by atoms with Crippen LogP contribution in [0.15, 0.2) is 30.3 Å². The van der Waals surface area contributed by atoms with Gasteiger partial charge in [0.15, 0.2) is 0 Å². The minimum Gasteiger partial charge on any atom is -0.459 e. The van der Waals surface area contributed by atoms with Crippen LogP contribution in [-0.4, -0.2) is 83.5 Å². The number of alkyl carbamates (subject to hydrolysis) is 1. The fourth-order valence-corrected chi connectivity index (χ4v) is 4.25. The molecular weight excluding hydrogens is 554 g/mol. The zero-order valence-electron chi connectivity index (χ0n) is 27.3. The maximum absolute atomic E-state index is 13.1. The van der Waals surface area contributed by atoms with Crippen LogP contribution in [0.5, 0.6) is 0 Å². The van der Waals surface area contributed by atoms with Gasteiger partial charge >= 0.3 is 24.0 Å². The third-order valence-electron chi connectivity index (χ3n) is 6.23. The molecule has 0 unspecified atom stereocenters. The van der Waals surface area contributed by atoms with E-state index in [0.717, 1.165) is 12.1 Å². The lowest BCUT2D eigenvalue weighted by Gasteiger charge is -2.40. The molecule has 2 N–H and O–H groups in total. The highest BCUT2D eigenvalue weighted by molar-refractivity contribution is 5.81. The fourth-order valence-electron chi connectivity index (χ4n) is 4.25. The number of hydrogen-bond donors (Lipinski definition) is 2. The molecule has 3 atom stereocenters. The van der Waals surface area contributed by atoms with E-state index in [1.165, 1.54) is 0 Å². The number of hydrogen-bond acceptors (Lipinski definition) is 10. The van der Waals surface area contributed by atoms with Gasteiger partial charge in [0.1, 0.15) is 41.5 Å². The van der Waals surface area contributed by atoms with Crippen molar-refractivity contribution in [3.63, 3.8) is 0 Å². The van der Waals surface area contributed by atoms with Crippen LogP contribution < -0.4 is 10.6 Å². The van der Waals surface area contributed by atoms with Gasteiger partial charge in [-0.2, -0.15) is 0 Å². The summed E-state index contributed by atoms with van der Waals surface area (Å²) < 4.78 is 22.0. The number of nitrogens with one attached hydrogen (secondary N) is 2. The van der Waals surface area contributed by atoms with Crippen molar-refractivity contribution in [1.29, 1.82) is 0 Å². The summed E-state index contributed by atoms with van der Waals surface area (Å²) >= 11 is 0. The highest BCUT2D eigenvalue weighted by atomic mass is 16.6. The Morgan fingerprint density at radius 1 is 0.814 bits per heavy atom. The Morgan fingerprint density at radius 3 is 1.88 bits per heavy atom. The molecule has 0 radical (unpaired) electrons. The monoisotopic (exact) mass is 605 g/mol. The maximum atomic E-state index is 13.1. The number of benzene rings is 1. The third-order valence-corrected chi connectivity index (χ3v) is 6.23. The van der Waals surface area contributed by atoms with Crippen molar-refractivity contribution in [1.82, 2.24) is 15.5 Å². The summed E-state index contributed by atoms with van der Waals surface area (Å²) in [6.45, 7) is 17.5. The van der Waals surface area contributed by atoms with Gasteiger partial charge in [0, 0.05) is 13.1 Å². The van der Waals surface area contributed by atoms with Crippen LogP contribution in [0.4, 0.5) is 4.79 Å². The van der Waals surface area contributed by atoms with Crippen LogP contribution in [0, 0.1) is 0 Å². The molecule has 1 heterocycles. The van der Waals surface area contributed by atoms with E-state index in [9.17, 15) is 19.2 Å². The molecule has 0 bridgehead atoms. The largest absolute Gasteiger partial charge is 0.459 e. The van der Waals surface area contributed by atoms with Crippen LogP contribution in [0.3, 0.4) is 0 Å². The van der Waals surface area contributed by atoms with Crippen LogP contribution in [-0.2, 0) is 39.9 Å². The Bertz CT molecular complexity index is 1070. The highest BCUT2D eigenvalue weighted by Crippen LogP contribution is 2.22.